The lowest BCUT2D eigenvalue weighted by atomic mass is 9.78. The minimum atomic E-state index is -0.658. The van der Waals surface area contributed by atoms with E-state index in [-0.39, 0.29) is 29.2 Å². The molecule has 3 atom stereocenters. The van der Waals surface area contributed by atoms with Crippen LogP contribution in [0.5, 0.6) is 0 Å². The van der Waals surface area contributed by atoms with E-state index >= 15 is 0 Å². The van der Waals surface area contributed by atoms with E-state index in [2.05, 4.69) is 59.8 Å². The highest BCUT2D eigenvalue weighted by atomic mass is 16.2. The summed E-state index contributed by atoms with van der Waals surface area (Å²) in [5.41, 5.74) is 4.24. The van der Waals surface area contributed by atoms with Gasteiger partial charge in [-0.3, -0.25) is 14.6 Å². The standard InChI is InChI=1S/C30H42N4O2/c1-6-26(25-16-24(17-33-18-25)23-14-10-13-22(15-23)19(2)3)27(31)29(35)28(21-11-8-7-9-12-21)34-30(36)20(4)32-5/h10,13-21,26,28,31-32H,6-9,11-12H2,1-5H3,(H,34,36)/t20-,26-,28-/m0/s1. The number of Topliss-reactive ketones (excluding diaryl/α,β-unsaturated/α-hetero) is 1. The number of carbonyl (C=O) groups is 2. The molecule has 1 heterocycles. The lowest BCUT2D eigenvalue weighted by Crippen LogP contribution is -2.53. The number of carbonyl (C=O) groups excluding carboxylic acids is 2. The molecule has 1 aliphatic carbocycles. The van der Waals surface area contributed by atoms with Gasteiger partial charge in [-0.2, -0.15) is 0 Å². The number of aromatic nitrogens is 1. The Labute approximate surface area is 216 Å². The molecule has 6 nitrogen and oxygen atoms in total. The molecule has 1 aromatic carbocycles. The number of ketones is 1. The second-order valence-electron chi connectivity index (χ2n) is 10.4. The predicted molar refractivity (Wildman–Crippen MR) is 147 cm³/mol. The summed E-state index contributed by atoms with van der Waals surface area (Å²) in [5.74, 6) is -0.343. The number of nitrogens with zero attached hydrogens (tertiary/aromatic N) is 1. The van der Waals surface area contributed by atoms with E-state index in [0.717, 1.165) is 48.8 Å². The van der Waals surface area contributed by atoms with Gasteiger partial charge in [-0.25, -0.2) is 0 Å². The lowest BCUT2D eigenvalue weighted by Gasteiger charge is -2.32. The van der Waals surface area contributed by atoms with Crippen LogP contribution < -0.4 is 10.6 Å². The Kier molecular flexibility index (Phi) is 9.94. The highest BCUT2D eigenvalue weighted by Gasteiger charge is 2.36. The number of hydrogen-bond donors (Lipinski definition) is 3. The molecule has 1 aliphatic rings. The highest BCUT2D eigenvalue weighted by molar-refractivity contribution is 6.42. The SMILES string of the molecule is CC[C@H](C(=N)C(=O)[C@@H](NC(=O)[C@H](C)NC)C1CCCCC1)c1cncc(-c2cccc(C(C)C)c2)c1. The van der Waals surface area contributed by atoms with E-state index in [4.69, 9.17) is 5.41 Å². The van der Waals surface area contributed by atoms with Gasteiger partial charge in [0.1, 0.15) is 0 Å². The van der Waals surface area contributed by atoms with Crippen LogP contribution >= 0.6 is 0 Å². The molecule has 0 aliphatic heterocycles. The first-order valence-electron chi connectivity index (χ1n) is 13.4. The minimum absolute atomic E-state index is 0.0559. The summed E-state index contributed by atoms with van der Waals surface area (Å²) in [4.78, 5) is 31.0. The molecule has 3 rings (SSSR count). The van der Waals surface area contributed by atoms with Gasteiger partial charge in [-0.15, -0.1) is 0 Å². The van der Waals surface area contributed by atoms with Gasteiger partial charge < -0.3 is 16.0 Å². The van der Waals surface area contributed by atoms with Gasteiger partial charge >= 0.3 is 0 Å². The van der Waals surface area contributed by atoms with Crippen LogP contribution in [0.2, 0.25) is 0 Å². The number of amides is 1. The Hall–Kier alpha value is -2.86. The minimum Gasteiger partial charge on any atom is -0.344 e. The largest absolute Gasteiger partial charge is 0.344 e. The molecule has 0 radical (unpaired) electrons. The Bertz CT molecular complexity index is 1060. The van der Waals surface area contributed by atoms with Gasteiger partial charge in [0, 0.05) is 23.9 Å². The summed E-state index contributed by atoms with van der Waals surface area (Å²) < 4.78 is 0. The van der Waals surface area contributed by atoms with Crippen LogP contribution in [0.4, 0.5) is 0 Å². The van der Waals surface area contributed by atoms with Crippen molar-refractivity contribution in [2.75, 3.05) is 7.05 Å². The van der Waals surface area contributed by atoms with E-state index in [1.165, 1.54) is 5.56 Å². The average molecular weight is 491 g/mol. The third kappa shape index (κ3) is 6.67. The maximum atomic E-state index is 13.8. The zero-order valence-corrected chi connectivity index (χ0v) is 22.4. The molecule has 2 aromatic rings. The number of rotatable bonds is 11. The quantitative estimate of drug-likeness (QED) is 0.356. The van der Waals surface area contributed by atoms with Crippen molar-refractivity contribution in [2.45, 2.75) is 90.1 Å². The molecule has 0 unspecified atom stereocenters. The van der Waals surface area contributed by atoms with E-state index in [1.54, 1.807) is 20.2 Å². The normalized spacial score (nSPS) is 16.8. The van der Waals surface area contributed by atoms with Crippen molar-refractivity contribution in [2.24, 2.45) is 5.92 Å². The summed E-state index contributed by atoms with van der Waals surface area (Å²) in [5, 5.41) is 14.9. The molecule has 1 saturated carbocycles. The molecular weight excluding hydrogens is 448 g/mol. The van der Waals surface area contributed by atoms with E-state index in [0.29, 0.717) is 12.3 Å². The van der Waals surface area contributed by atoms with Gasteiger partial charge in [0.2, 0.25) is 5.91 Å². The summed E-state index contributed by atoms with van der Waals surface area (Å²) in [6.45, 7) is 8.12. The maximum Gasteiger partial charge on any atom is 0.237 e. The molecule has 6 heteroatoms. The van der Waals surface area contributed by atoms with Crippen LogP contribution in [0.3, 0.4) is 0 Å². The average Bonchev–Trinajstić information content (AvgIpc) is 2.91. The Morgan fingerprint density at radius 3 is 2.36 bits per heavy atom. The van der Waals surface area contributed by atoms with Gasteiger partial charge in [-0.1, -0.05) is 64.3 Å². The Morgan fingerprint density at radius 2 is 1.72 bits per heavy atom. The maximum absolute atomic E-state index is 13.8. The number of benzene rings is 1. The third-order valence-corrected chi connectivity index (χ3v) is 7.60. The molecule has 1 fully saturated rings. The summed E-state index contributed by atoms with van der Waals surface area (Å²) in [6.07, 6.45) is 9.28. The van der Waals surface area contributed by atoms with Crippen molar-refractivity contribution >= 4 is 17.4 Å². The van der Waals surface area contributed by atoms with Crippen molar-refractivity contribution in [1.82, 2.24) is 15.6 Å². The van der Waals surface area contributed by atoms with Crippen LogP contribution in [0.15, 0.2) is 42.7 Å². The highest BCUT2D eigenvalue weighted by Crippen LogP contribution is 2.31. The second kappa shape index (κ2) is 12.9. The lowest BCUT2D eigenvalue weighted by molar-refractivity contribution is -0.127. The van der Waals surface area contributed by atoms with Crippen molar-refractivity contribution < 1.29 is 9.59 Å². The third-order valence-electron chi connectivity index (χ3n) is 7.60. The number of pyridine rings is 1. The fraction of sp³-hybridized carbons (Fsp3) is 0.533. The second-order valence-corrected chi connectivity index (χ2v) is 10.4. The predicted octanol–water partition coefficient (Wildman–Crippen LogP) is 5.63. The summed E-state index contributed by atoms with van der Waals surface area (Å²) >= 11 is 0. The van der Waals surface area contributed by atoms with Gasteiger partial charge in [0.15, 0.2) is 5.78 Å². The fourth-order valence-electron chi connectivity index (χ4n) is 5.10. The molecule has 0 spiro atoms. The van der Waals surface area contributed by atoms with Crippen LogP contribution in [-0.2, 0) is 9.59 Å². The van der Waals surface area contributed by atoms with Crippen molar-refractivity contribution in [3.05, 3.63) is 53.9 Å². The van der Waals surface area contributed by atoms with Crippen molar-refractivity contribution in [3.63, 3.8) is 0 Å². The van der Waals surface area contributed by atoms with Crippen molar-refractivity contribution in [3.8, 4) is 11.1 Å². The van der Waals surface area contributed by atoms with Gasteiger partial charge in [-0.05, 0) is 67.8 Å². The first-order valence-corrected chi connectivity index (χ1v) is 13.4. The molecule has 0 saturated heterocycles. The monoisotopic (exact) mass is 490 g/mol. The Morgan fingerprint density at radius 1 is 1.03 bits per heavy atom. The molecule has 36 heavy (non-hydrogen) atoms. The topological polar surface area (TPSA) is 94.9 Å². The molecule has 3 N–H and O–H groups in total. The first-order chi connectivity index (χ1) is 17.3. The van der Waals surface area contributed by atoms with E-state index in [1.807, 2.05) is 13.1 Å². The number of hydrogen-bond acceptors (Lipinski definition) is 5. The number of likely N-dealkylation sites (N-methyl/N-ethyl adjacent to an activating group) is 1. The molecule has 1 aromatic heterocycles. The van der Waals surface area contributed by atoms with E-state index < -0.39 is 12.1 Å². The van der Waals surface area contributed by atoms with Crippen molar-refractivity contribution in [1.29, 1.82) is 5.41 Å². The molecule has 0 bridgehead atoms. The van der Waals surface area contributed by atoms with Crippen LogP contribution in [0.25, 0.3) is 11.1 Å². The fourth-order valence-corrected chi connectivity index (χ4v) is 5.10. The van der Waals surface area contributed by atoms with Crippen LogP contribution in [0, 0.1) is 11.3 Å². The Balaban J connectivity index is 1.88. The van der Waals surface area contributed by atoms with Gasteiger partial charge in [0.05, 0.1) is 17.8 Å². The zero-order valence-electron chi connectivity index (χ0n) is 22.4. The molecular formula is C30H42N4O2. The van der Waals surface area contributed by atoms with Gasteiger partial charge in [0.25, 0.3) is 0 Å². The number of nitrogens with one attached hydrogen (secondary N) is 3. The van der Waals surface area contributed by atoms with Crippen LogP contribution in [-0.4, -0.2) is 41.5 Å². The first kappa shape index (κ1) is 27.7. The molecule has 194 valence electrons. The van der Waals surface area contributed by atoms with Crippen LogP contribution in [0.1, 0.15) is 89.2 Å². The summed E-state index contributed by atoms with van der Waals surface area (Å²) in [7, 11) is 1.73. The zero-order chi connectivity index (χ0) is 26.2. The smallest absolute Gasteiger partial charge is 0.237 e. The summed E-state index contributed by atoms with van der Waals surface area (Å²) in [6, 6.07) is 9.44. The molecule has 1 amide bonds. The van der Waals surface area contributed by atoms with E-state index in [9.17, 15) is 9.59 Å².